The van der Waals surface area contributed by atoms with Gasteiger partial charge in [-0.1, -0.05) is 26.0 Å². The number of hydrogen-bond acceptors (Lipinski definition) is 7. The number of imidazole rings is 1. The molecule has 0 unspecified atom stereocenters. The van der Waals surface area contributed by atoms with Crippen molar-refractivity contribution in [2.75, 3.05) is 32.0 Å². The van der Waals surface area contributed by atoms with Crippen molar-refractivity contribution in [2.45, 2.75) is 52.7 Å². The van der Waals surface area contributed by atoms with E-state index in [1.165, 1.54) is 4.57 Å². The van der Waals surface area contributed by atoms with Crippen LogP contribution in [-0.4, -0.2) is 65.1 Å². The van der Waals surface area contributed by atoms with Gasteiger partial charge in [0.25, 0.3) is 5.56 Å². The first-order valence-corrected chi connectivity index (χ1v) is 12.8. The Hall–Kier alpha value is -3.70. The average molecular weight is 509 g/mol. The molecule has 0 radical (unpaired) electrons. The molecule has 3 aromatic heterocycles. The van der Waals surface area contributed by atoms with Gasteiger partial charge in [0.05, 0.1) is 6.61 Å². The number of likely N-dealkylation sites (N-methyl/N-ethyl adjacent to an activating group) is 1. The van der Waals surface area contributed by atoms with Crippen molar-refractivity contribution in [3.05, 3.63) is 74.4 Å². The lowest BCUT2D eigenvalue weighted by Gasteiger charge is -2.20. The Morgan fingerprint density at radius 3 is 2.43 bits per heavy atom. The maximum atomic E-state index is 13.7. The van der Waals surface area contributed by atoms with Crippen LogP contribution in [0.1, 0.15) is 37.4 Å². The third-order valence-electron chi connectivity index (χ3n) is 6.65. The first-order chi connectivity index (χ1) is 18.0. The highest BCUT2D eigenvalue weighted by Gasteiger charge is 2.22. The van der Waals surface area contributed by atoms with E-state index >= 15 is 0 Å². The number of nitrogen functional groups attached to an aromatic ring is 1. The molecule has 1 aromatic carbocycles. The molecule has 4 N–H and O–H groups in total. The van der Waals surface area contributed by atoms with Gasteiger partial charge in [0.15, 0.2) is 11.2 Å². The molecule has 0 amide bonds. The molecule has 4 rings (SSSR count). The molecule has 0 spiro atoms. The summed E-state index contributed by atoms with van der Waals surface area (Å²) in [4.78, 5) is 34.2. The highest BCUT2D eigenvalue weighted by Crippen LogP contribution is 2.16. The number of aromatic nitrogens is 6. The number of anilines is 1. The Bertz CT molecular complexity index is 1420. The second-order valence-electron chi connectivity index (χ2n) is 9.15. The molecule has 11 nitrogen and oxygen atoms in total. The Morgan fingerprint density at radius 1 is 1.00 bits per heavy atom. The molecule has 0 bridgehead atoms. The van der Waals surface area contributed by atoms with Crippen molar-refractivity contribution in [2.24, 2.45) is 0 Å². The summed E-state index contributed by atoms with van der Waals surface area (Å²) in [5, 5.41) is 16.4. The molecule has 11 heteroatoms. The summed E-state index contributed by atoms with van der Waals surface area (Å²) in [5.74, 6) is 0.686. The van der Waals surface area contributed by atoms with E-state index in [4.69, 9.17) is 10.7 Å². The van der Waals surface area contributed by atoms with E-state index in [1.54, 1.807) is 10.8 Å². The fourth-order valence-corrected chi connectivity index (χ4v) is 4.62. The number of H-pyrrole nitrogens is 1. The molecule has 0 aliphatic carbocycles. The zero-order valence-electron chi connectivity index (χ0n) is 21.6. The van der Waals surface area contributed by atoms with Crippen molar-refractivity contribution in [3.8, 4) is 0 Å². The number of rotatable bonds is 13. The number of aliphatic hydroxyl groups excluding tert-OH is 1. The number of fused-ring (bicyclic) bond motifs is 1. The molecule has 37 heavy (non-hydrogen) atoms. The first kappa shape index (κ1) is 26.4. The third kappa shape index (κ3) is 5.83. The van der Waals surface area contributed by atoms with Gasteiger partial charge >= 0.3 is 5.69 Å². The molecule has 0 atom stereocenters. The summed E-state index contributed by atoms with van der Waals surface area (Å²) in [6, 6.07) is 9.45. The first-order valence-electron chi connectivity index (χ1n) is 12.8. The molecule has 0 saturated heterocycles. The predicted octanol–water partition coefficient (Wildman–Crippen LogP) is 1.22. The number of aromatic amines is 1. The summed E-state index contributed by atoms with van der Waals surface area (Å²) < 4.78 is 4.89. The number of hydrogen-bond donors (Lipinski definition) is 3. The molecule has 0 aliphatic rings. The number of nitrogens with one attached hydrogen (secondary N) is 1. The van der Waals surface area contributed by atoms with Crippen molar-refractivity contribution in [1.82, 2.24) is 33.8 Å². The second-order valence-corrected chi connectivity index (χ2v) is 9.15. The van der Waals surface area contributed by atoms with E-state index in [1.807, 2.05) is 48.7 Å². The fraction of sp³-hybridized carbons (Fsp3) is 0.462. The zero-order chi connectivity index (χ0) is 26.4. The van der Waals surface area contributed by atoms with Gasteiger partial charge in [0, 0.05) is 56.7 Å². The lowest BCUT2D eigenvalue weighted by molar-refractivity contribution is 0.197. The quantitative estimate of drug-likeness (QED) is 0.231. The Morgan fingerprint density at radius 2 is 1.78 bits per heavy atom. The SMILES string of the molecule is CCCn1c(=O)c2c(nc(Cc3ccn[nH]3)n2CCN(CC)CCO)n(CCc2ccc(N)cc2)c1=O. The fourth-order valence-electron chi connectivity index (χ4n) is 4.62. The summed E-state index contributed by atoms with van der Waals surface area (Å²) in [6.45, 7) is 7.23. The lowest BCUT2D eigenvalue weighted by atomic mass is 10.1. The van der Waals surface area contributed by atoms with Crippen LogP contribution in [0.25, 0.3) is 11.2 Å². The number of nitrogens with two attached hydrogens (primary N) is 1. The maximum Gasteiger partial charge on any atom is 0.332 e. The number of aliphatic hydroxyl groups is 1. The molecule has 0 fully saturated rings. The van der Waals surface area contributed by atoms with Crippen LogP contribution in [0.3, 0.4) is 0 Å². The van der Waals surface area contributed by atoms with Crippen LogP contribution < -0.4 is 17.0 Å². The summed E-state index contributed by atoms with van der Waals surface area (Å²) in [6.07, 6.45) is 3.38. The van der Waals surface area contributed by atoms with E-state index in [9.17, 15) is 14.7 Å². The van der Waals surface area contributed by atoms with Crippen LogP contribution in [0.5, 0.6) is 0 Å². The van der Waals surface area contributed by atoms with Crippen molar-refractivity contribution >= 4 is 16.9 Å². The van der Waals surface area contributed by atoms with E-state index in [0.717, 1.165) is 17.8 Å². The minimum atomic E-state index is -0.344. The molecule has 0 aliphatic heterocycles. The predicted molar refractivity (Wildman–Crippen MR) is 144 cm³/mol. The maximum absolute atomic E-state index is 13.7. The normalized spacial score (nSPS) is 11.7. The second kappa shape index (κ2) is 12.0. The topological polar surface area (TPSA) is 140 Å². The van der Waals surface area contributed by atoms with Crippen molar-refractivity contribution < 1.29 is 5.11 Å². The van der Waals surface area contributed by atoms with Crippen LogP contribution >= 0.6 is 0 Å². The monoisotopic (exact) mass is 508 g/mol. The molecule has 198 valence electrons. The number of aryl methyl sites for hydroxylation is 2. The van der Waals surface area contributed by atoms with Crippen LogP contribution in [0.15, 0.2) is 46.1 Å². The summed E-state index contributed by atoms with van der Waals surface area (Å²) >= 11 is 0. The van der Waals surface area contributed by atoms with Crippen LogP contribution in [0, 0.1) is 0 Å². The van der Waals surface area contributed by atoms with Crippen molar-refractivity contribution in [3.63, 3.8) is 0 Å². The summed E-state index contributed by atoms with van der Waals surface area (Å²) in [7, 11) is 0. The van der Waals surface area contributed by atoms with Gasteiger partial charge in [-0.2, -0.15) is 5.10 Å². The summed E-state index contributed by atoms with van der Waals surface area (Å²) in [5.41, 5.74) is 8.58. The lowest BCUT2D eigenvalue weighted by Crippen LogP contribution is -2.41. The molecule has 4 aromatic rings. The number of benzene rings is 1. The van der Waals surface area contributed by atoms with E-state index in [0.29, 0.717) is 74.7 Å². The van der Waals surface area contributed by atoms with Gasteiger partial charge in [-0.25, -0.2) is 9.78 Å². The minimum absolute atomic E-state index is 0.0630. The Labute approximate surface area is 215 Å². The number of nitrogens with zero attached hydrogens (tertiary/aromatic N) is 6. The minimum Gasteiger partial charge on any atom is -0.399 e. The molecule has 3 heterocycles. The van der Waals surface area contributed by atoms with Crippen molar-refractivity contribution in [1.29, 1.82) is 0 Å². The van der Waals surface area contributed by atoms with Gasteiger partial charge in [0.2, 0.25) is 0 Å². The average Bonchev–Trinajstić information content (AvgIpc) is 3.53. The van der Waals surface area contributed by atoms with Crippen LogP contribution in [-0.2, 0) is 32.5 Å². The standard InChI is InChI=1S/C26H36N8O3/c1-3-12-34-25(36)23-24(33(26(34)37)13-10-19-5-7-20(27)8-6-19)29-22(18-21-9-11-28-30-21)32(23)15-14-31(4-2)16-17-35/h5-9,11,35H,3-4,10,12-18,27H2,1-2H3,(H,28,30). The van der Waals surface area contributed by atoms with Crippen LogP contribution in [0.4, 0.5) is 5.69 Å². The largest absolute Gasteiger partial charge is 0.399 e. The van der Waals surface area contributed by atoms with E-state index in [-0.39, 0.29) is 17.9 Å². The van der Waals surface area contributed by atoms with Gasteiger partial charge in [-0.05, 0) is 43.1 Å². The molecule has 0 saturated carbocycles. The van der Waals surface area contributed by atoms with Gasteiger partial charge in [0.1, 0.15) is 5.82 Å². The van der Waals surface area contributed by atoms with Gasteiger partial charge < -0.3 is 15.4 Å². The van der Waals surface area contributed by atoms with Gasteiger partial charge in [-0.15, -0.1) is 0 Å². The van der Waals surface area contributed by atoms with E-state index in [2.05, 4.69) is 15.1 Å². The van der Waals surface area contributed by atoms with Crippen LogP contribution in [0.2, 0.25) is 0 Å². The Kier molecular flexibility index (Phi) is 8.57. The van der Waals surface area contributed by atoms with Gasteiger partial charge in [-0.3, -0.25) is 23.9 Å². The van der Waals surface area contributed by atoms with E-state index < -0.39 is 0 Å². The smallest absolute Gasteiger partial charge is 0.332 e. The Balaban J connectivity index is 1.84. The zero-order valence-corrected chi connectivity index (χ0v) is 21.6. The molecular formula is C26H36N8O3. The molecular weight excluding hydrogens is 472 g/mol. The highest BCUT2D eigenvalue weighted by atomic mass is 16.3. The third-order valence-corrected chi connectivity index (χ3v) is 6.65. The highest BCUT2D eigenvalue weighted by molar-refractivity contribution is 5.71.